The summed E-state index contributed by atoms with van der Waals surface area (Å²) in [5.41, 5.74) is 0. The quantitative estimate of drug-likeness (QED) is 0.759. The molecule has 0 spiro atoms. The molecule has 2 saturated heterocycles. The average molecular weight is 300 g/mol. The SMILES string of the molecule is CCN1CCN(C2CN(S(=O)(=O)c3cnoc3)C2)CC1. The van der Waals surface area contributed by atoms with Gasteiger partial charge in [0, 0.05) is 45.3 Å². The van der Waals surface area contributed by atoms with Crippen LogP contribution in [0.3, 0.4) is 0 Å². The van der Waals surface area contributed by atoms with Gasteiger partial charge in [-0.1, -0.05) is 12.1 Å². The summed E-state index contributed by atoms with van der Waals surface area (Å²) in [6.45, 7) is 8.61. The topological polar surface area (TPSA) is 69.9 Å². The van der Waals surface area contributed by atoms with Crippen LogP contribution in [0.15, 0.2) is 21.9 Å². The second-order valence-corrected chi connectivity index (χ2v) is 7.24. The van der Waals surface area contributed by atoms with Gasteiger partial charge in [-0.25, -0.2) is 8.42 Å². The van der Waals surface area contributed by atoms with Gasteiger partial charge in [0.1, 0.15) is 11.2 Å². The van der Waals surface area contributed by atoms with E-state index >= 15 is 0 Å². The maximum Gasteiger partial charge on any atom is 0.248 e. The second-order valence-electron chi connectivity index (χ2n) is 5.31. The lowest BCUT2D eigenvalue weighted by Crippen LogP contribution is -2.63. The Morgan fingerprint density at radius 3 is 2.55 bits per heavy atom. The lowest BCUT2D eigenvalue weighted by Gasteiger charge is -2.47. The Balaban J connectivity index is 1.54. The molecular weight excluding hydrogens is 280 g/mol. The van der Waals surface area contributed by atoms with Gasteiger partial charge in [-0.05, 0) is 6.54 Å². The summed E-state index contributed by atoms with van der Waals surface area (Å²) in [5, 5.41) is 3.46. The summed E-state index contributed by atoms with van der Waals surface area (Å²) in [4.78, 5) is 4.96. The molecule has 2 aliphatic rings. The Labute approximate surface area is 119 Å². The fourth-order valence-corrected chi connectivity index (χ4v) is 4.14. The Hall–Kier alpha value is -0.960. The van der Waals surface area contributed by atoms with Crippen molar-refractivity contribution >= 4 is 10.0 Å². The monoisotopic (exact) mass is 300 g/mol. The van der Waals surface area contributed by atoms with Gasteiger partial charge >= 0.3 is 0 Å². The van der Waals surface area contributed by atoms with Crippen molar-refractivity contribution in [3.05, 3.63) is 12.5 Å². The molecule has 0 radical (unpaired) electrons. The third-order valence-electron chi connectivity index (χ3n) is 4.25. The summed E-state index contributed by atoms with van der Waals surface area (Å²) >= 11 is 0. The molecule has 1 aromatic heterocycles. The molecular formula is C12H20N4O3S. The summed E-state index contributed by atoms with van der Waals surface area (Å²) in [5.74, 6) is 0. The van der Waals surface area contributed by atoms with E-state index in [1.54, 1.807) is 0 Å². The van der Waals surface area contributed by atoms with E-state index in [4.69, 9.17) is 0 Å². The minimum Gasteiger partial charge on any atom is -0.363 e. The summed E-state index contributed by atoms with van der Waals surface area (Å²) in [6, 6.07) is 0.351. The summed E-state index contributed by atoms with van der Waals surface area (Å²) in [6.07, 6.45) is 2.44. The molecule has 0 N–H and O–H groups in total. The van der Waals surface area contributed by atoms with Crippen LogP contribution in [-0.4, -0.2) is 79.5 Å². The number of piperazine rings is 1. The summed E-state index contributed by atoms with van der Waals surface area (Å²) < 4.78 is 30.5. The van der Waals surface area contributed by atoms with Gasteiger partial charge in [-0.15, -0.1) is 0 Å². The van der Waals surface area contributed by atoms with E-state index in [9.17, 15) is 8.42 Å². The molecule has 0 bridgehead atoms. The van der Waals surface area contributed by atoms with Gasteiger partial charge in [0.15, 0.2) is 0 Å². The molecule has 8 heteroatoms. The molecule has 3 rings (SSSR count). The molecule has 0 atom stereocenters. The first-order valence-corrected chi connectivity index (χ1v) is 8.41. The lowest BCUT2D eigenvalue weighted by atomic mass is 10.1. The van der Waals surface area contributed by atoms with Gasteiger partial charge < -0.3 is 9.42 Å². The number of aromatic nitrogens is 1. The number of nitrogens with zero attached hydrogens (tertiary/aromatic N) is 4. The number of hydrogen-bond acceptors (Lipinski definition) is 6. The van der Waals surface area contributed by atoms with Crippen molar-refractivity contribution in [1.82, 2.24) is 19.3 Å². The average Bonchev–Trinajstić information content (AvgIpc) is 2.92. The van der Waals surface area contributed by atoms with Crippen molar-refractivity contribution in [3.63, 3.8) is 0 Å². The highest BCUT2D eigenvalue weighted by Crippen LogP contribution is 2.24. The van der Waals surface area contributed by atoms with Gasteiger partial charge in [-0.2, -0.15) is 4.31 Å². The number of likely N-dealkylation sites (N-methyl/N-ethyl adjacent to an activating group) is 1. The van der Waals surface area contributed by atoms with Crippen LogP contribution < -0.4 is 0 Å². The molecule has 0 unspecified atom stereocenters. The third kappa shape index (κ3) is 2.48. The smallest absolute Gasteiger partial charge is 0.248 e. The van der Waals surface area contributed by atoms with Gasteiger partial charge in [0.2, 0.25) is 10.0 Å². The molecule has 0 aliphatic carbocycles. The molecule has 0 saturated carbocycles. The molecule has 1 aromatic rings. The minimum absolute atomic E-state index is 0.145. The molecule has 3 heterocycles. The summed E-state index contributed by atoms with van der Waals surface area (Å²) in [7, 11) is -3.41. The van der Waals surface area contributed by atoms with Gasteiger partial charge in [0.05, 0.1) is 6.20 Å². The Morgan fingerprint density at radius 2 is 2.00 bits per heavy atom. The second kappa shape index (κ2) is 5.44. The highest BCUT2D eigenvalue weighted by atomic mass is 32.2. The molecule has 0 amide bonds. The molecule has 2 fully saturated rings. The van der Waals surface area contributed by atoms with Gasteiger partial charge in [-0.3, -0.25) is 4.90 Å². The number of hydrogen-bond donors (Lipinski definition) is 0. The van der Waals surface area contributed by atoms with E-state index in [1.807, 2.05) is 0 Å². The number of sulfonamides is 1. The molecule has 2 aliphatic heterocycles. The van der Waals surface area contributed by atoms with E-state index in [-0.39, 0.29) is 4.90 Å². The number of rotatable bonds is 4. The first-order valence-electron chi connectivity index (χ1n) is 6.97. The highest BCUT2D eigenvalue weighted by molar-refractivity contribution is 7.89. The maximum atomic E-state index is 12.2. The van der Waals surface area contributed by atoms with Crippen LogP contribution in [-0.2, 0) is 10.0 Å². The first kappa shape index (κ1) is 14.0. The normalized spacial score (nSPS) is 23.9. The zero-order chi connectivity index (χ0) is 14.2. The van der Waals surface area contributed by atoms with E-state index in [0.29, 0.717) is 19.1 Å². The third-order valence-corrected chi connectivity index (χ3v) is 6.02. The van der Waals surface area contributed by atoms with Crippen LogP contribution in [0.2, 0.25) is 0 Å². The fourth-order valence-electron chi connectivity index (χ4n) is 2.76. The van der Waals surface area contributed by atoms with Crippen molar-refractivity contribution < 1.29 is 12.9 Å². The Bertz CT molecular complexity index is 531. The highest BCUT2D eigenvalue weighted by Gasteiger charge is 2.40. The van der Waals surface area contributed by atoms with Crippen molar-refractivity contribution in [1.29, 1.82) is 0 Å². The van der Waals surface area contributed by atoms with Crippen LogP contribution in [0.4, 0.5) is 0 Å². The zero-order valence-electron chi connectivity index (χ0n) is 11.6. The van der Waals surface area contributed by atoms with Crippen molar-refractivity contribution in [2.75, 3.05) is 45.8 Å². The van der Waals surface area contributed by atoms with Crippen LogP contribution >= 0.6 is 0 Å². The maximum absolute atomic E-state index is 12.2. The largest absolute Gasteiger partial charge is 0.363 e. The van der Waals surface area contributed by atoms with Crippen molar-refractivity contribution in [2.24, 2.45) is 0 Å². The van der Waals surface area contributed by atoms with Crippen LogP contribution in [0.5, 0.6) is 0 Å². The standard InChI is InChI=1S/C12H20N4O3S/c1-2-14-3-5-15(6-4-14)11-8-16(9-11)20(17,18)12-7-13-19-10-12/h7,10-11H,2-6,8-9H2,1H3. The van der Waals surface area contributed by atoms with Crippen LogP contribution in [0.1, 0.15) is 6.92 Å². The van der Waals surface area contributed by atoms with E-state index in [0.717, 1.165) is 32.7 Å². The predicted octanol–water partition coefficient (Wildman–Crippen LogP) is -0.315. The lowest BCUT2D eigenvalue weighted by molar-refractivity contribution is 0.0425. The molecule has 7 nitrogen and oxygen atoms in total. The van der Waals surface area contributed by atoms with Crippen LogP contribution in [0, 0.1) is 0 Å². The van der Waals surface area contributed by atoms with Gasteiger partial charge in [0.25, 0.3) is 0 Å². The predicted molar refractivity (Wildman–Crippen MR) is 72.7 cm³/mol. The Kier molecular flexibility index (Phi) is 3.80. The van der Waals surface area contributed by atoms with Crippen molar-refractivity contribution in [3.8, 4) is 0 Å². The molecule has 20 heavy (non-hydrogen) atoms. The van der Waals surface area contributed by atoms with E-state index in [1.165, 1.54) is 16.8 Å². The molecule has 112 valence electrons. The molecule has 0 aromatic carbocycles. The van der Waals surface area contributed by atoms with Crippen molar-refractivity contribution in [2.45, 2.75) is 17.9 Å². The van der Waals surface area contributed by atoms with E-state index in [2.05, 4.69) is 26.4 Å². The first-order chi connectivity index (χ1) is 9.61. The van der Waals surface area contributed by atoms with E-state index < -0.39 is 10.0 Å². The van der Waals surface area contributed by atoms with Crippen LogP contribution in [0.25, 0.3) is 0 Å². The zero-order valence-corrected chi connectivity index (χ0v) is 12.4. The fraction of sp³-hybridized carbons (Fsp3) is 0.750. The Morgan fingerprint density at radius 1 is 1.30 bits per heavy atom. The minimum atomic E-state index is -3.41.